The number of alkyl halides is 3. The van der Waals surface area contributed by atoms with Crippen LogP contribution >= 0.6 is 0 Å². The topological polar surface area (TPSA) is 58.8 Å². The molecule has 0 aliphatic carbocycles. The predicted octanol–water partition coefficient (Wildman–Crippen LogP) is 3.52. The van der Waals surface area contributed by atoms with Crippen molar-refractivity contribution in [2.45, 2.75) is 45.2 Å². The molecular weight excluding hydrogens is 335 g/mol. The van der Waals surface area contributed by atoms with Gasteiger partial charge in [0.25, 0.3) is 0 Å². The van der Waals surface area contributed by atoms with E-state index in [0.29, 0.717) is 51.6 Å². The van der Waals surface area contributed by atoms with E-state index in [1.807, 2.05) is 19.1 Å². The van der Waals surface area contributed by atoms with Gasteiger partial charge in [-0.15, -0.1) is 0 Å². The Morgan fingerprint density at radius 1 is 1.20 bits per heavy atom. The fourth-order valence-corrected chi connectivity index (χ4v) is 2.09. The van der Waals surface area contributed by atoms with E-state index in [9.17, 15) is 13.2 Å². The number of aliphatic imine (C=N–C) groups is 1. The highest BCUT2D eigenvalue weighted by atomic mass is 19.4. The van der Waals surface area contributed by atoms with Crippen LogP contribution in [-0.2, 0) is 11.2 Å². The van der Waals surface area contributed by atoms with Gasteiger partial charge in [-0.3, -0.25) is 4.99 Å². The second-order valence-corrected chi connectivity index (χ2v) is 5.54. The predicted molar refractivity (Wildman–Crippen MR) is 91.7 cm³/mol. The van der Waals surface area contributed by atoms with E-state index in [2.05, 4.69) is 15.6 Å². The monoisotopic (exact) mass is 363 g/mol. The molecule has 1 rings (SSSR count). The van der Waals surface area contributed by atoms with Crippen LogP contribution in [0.15, 0.2) is 27.8 Å². The van der Waals surface area contributed by atoms with E-state index < -0.39 is 12.6 Å². The quantitative estimate of drug-likeness (QED) is 0.339. The molecule has 5 nitrogen and oxygen atoms in total. The third-order valence-corrected chi connectivity index (χ3v) is 3.34. The fraction of sp³-hybridized carbons (Fsp3) is 0.706. The minimum Gasteiger partial charge on any atom is -0.469 e. The number of furan rings is 1. The zero-order valence-electron chi connectivity index (χ0n) is 14.7. The second kappa shape index (κ2) is 12.6. The van der Waals surface area contributed by atoms with Crippen molar-refractivity contribution in [2.24, 2.45) is 4.99 Å². The second-order valence-electron chi connectivity index (χ2n) is 5.54. The van der Waals surface area contributed by atoms with Gasteiger partial charge in [-0.05, 0) is 38.3 Å². The van der Waals surface area contributed by atoms with Crippen molar-refractivity contribution in [1.29, 1.82) is 0 Å². The summed E-state index contributed by atoms with van der Waals surface area (Å²) in [5, 5.41) is 6.25. The first-order valence-electron chi connectivity index (χ1n) is 8.70. The molecule has 0 atom stereocenters. The summed E-state index contributed by atoms with van der Waals surface area (Å²) in [5.74, 6) is 1.48. The van der Waals surface area contributed by atoms with E-state index in [1.54, 1.807) is 6.26 Å². The molecule has 0 unspecified atom stereocenters. The Morgan fingerprint density at radius 3 is 2.68 bits per heavy atom. The van der Waals surface area contributed by atoms with Gasteiger partial charge in [0.2, 0.25) is 0 Å². The number of hydrogen-bond acceptors (Lipinski definition) is 3. The number of halogens is 3. The number of unbranched alkanes of at least 4 members (excludes halogenated alkanes) is 1. The van der Waals surface area contributed by atoms with Crippen LogP contribution in [0.3, 0.4) is 0 Å². The molecule has 0 bridgehead atoms. The van der Waals surface area contributed by atoms with Crippen molar-refractivity contribution in [3.05, 3.63) is 24.2 Å². The van der Waals surface area contributed by atoms with Crippen LogP contribution < -0.4 is 10.6 Å². The summed E-state index contributed by atoms with van der Waals surface area (Å²) in [6, 6.07) is 3.72. The summed E-state index contributed by atoms with van der Waals surface area (Å²) in [6.07, 6.45) is -1.15. The number of hydrogen-bond donors (Lipinski definition) is 2. The van der Waals surface area contributed by atoms with Crippen molar-refractivity contribution >= 4 is 5.96 Å². The fourth-order valence-electron chi connectivity index (χ4n) is 2.09. The van der Waals surface area contributed by atoms with Crippen LogP contribution in [0.25, 0.3) is 0 Å². The molecule has 2 N–H and O–H groups in total. The van der Waals surface area contributed by atoms with E-state index >= 15 is 0 Å². The highest BCUT2D eigenvalue weighted by Crippen LogP contribution is 2.21. The number of nitrogens with one attached hydrogen (secondary N) is 2. The summed E-state index contributed by atoms with van der Waals surface area (Å²) in [4.78, 5) is 4.42. The Bertz CT molecular complexity index is 462. The van der Waals surface area contributed by atoms with Crippen molar-refractivity contribution < 1.29 is 22.3 Å². The lowest BCUT2D eigenvalue weighted by molar-refractivity contribution is -0.135. The van der Waals surface area contributed by atoms with E-state index in [-0.39, 0.29) is 6.42 Å². The molecule has 0 aliphatic rings. The Labute approximate surface area is 147 Å². The number of rotatable bonds is 12. The van der Waals surface area contributed by atoms with Crippen molar-refractivity contribution in [2.75, 3.05) is 32.8 Å². The first-order valence-corrected chi connectivity index (χ1v) is 8.70. The highest BCUT2D eigenvalue weighted by molar-refractivity contribution is 5.79. The number of nitrogens with zero attached hydrogens (tertiary/aromatic N) is 1. The lowest BCUT2D eigenvalue weighted by Crippen LogP contribution is -2.39. The third-order valence-electron chi connectivity index (χ3n) is 3.34. The normalized spacial score (nSPS) is 12.4. The lowest BCUT2D eigenvalue weighted by Gasteiger charge is -2.13. The van der Waals surface area contributed by atoms with Crippen LogP contribution in [0, 0.1) is 0 Å². The van der Waals surface area contributed by atoms with Crippen LogP contribution in [0.4, 0.5) is 13.2 Å². The molecule has 0 amide bonds. The molecule has 0 fully saturated rings. The molecule has 0 saturated heterocycles. The maximum atomic E-state index is 12.1. The summed E-state index contributed by atoms with van der Waals surface area (Å²) >= 11 is 0. The SMILES string of the molecule is CCOCCCN=C(NCCCCC(F)(F)F)NCCc1ccco1. The molecule has 8 heteroatoms. The minimum absolute atomic E-state index is 0.112. The Morgan fingerprint density at radius 2 is 2.00 bits per heavy atom. The van der Waals surface area contributed by atoms with Gasteiger partial charge in [0.15, 0.2) is 5.96 Å². The number of guanidine groups is 1. The van der Waals surface area contributed by atoms with Crippen molar-refractivity contribution in [3.8, 4) is 0 Å². The van der Waals surface area contributed by atoms with Gasteiger partial charge in [-0.1, -0.05) is 0 Å². The van der Waals surface area contributed by atoms with Crippen LogP contribution in [0.1, 0.15) is 38.4 Å². The Kier molecular flexibility index (Phi) is 10.8. The largest absolute Gasteiger partial charge is 0.469 e. The van der Waals surface area contributed by atoms with Gasteiger partial charge in [0.05, 0.1) is 6.26 Å². The molecule has 0 spiro atoms. The smallest absolute Gasteiger partial charge is 0.389 e. The average Bonchev–Trinajstić information content (AvgIpc) is 3.06. The Balaban J connectivity index is 2.29. The molecular formula is C17H28F3N3O2. The summed E-state index contributed by atoms with van der Waals surface area (Å²) in [7, 11) is 0. The van der Waals surface area contributed by atoms with Gasteiger partial charge in [0, 0.05) is 45.7 Å². The third kappa shape index (κ3) is 12.3. The van der Waals surface area contributed by atoms with E-state index in [4.69, 9.17) is 9.15 Å². The molecule has 144 valence electrons. The summed E-state index contributed by atoms with van der Waals surface area (Å²) < 4.78 is 46.9. The lowest BCUT2D eigenvalue weighted by atomic mass is 10.2. The van der Waals surface area contributed by atoms with Gasteiger partial charge in [0.1, 0.15) is 5.76 Å². The standard InChI is InChI=1S/C17H28F3N3O2/c1-2-24-13-6-11-22-16(21-10-4-3-9-17(18,19)20)23-12-8-15-7-5-14-25-15/h5,7,14H,2-4,6,8-13H2,1H3,(H2,21,22,23). The summed E-state index contributed by atoms with van der Waals surface area (Å²) in [5.41, 5.74) is 0. The average molecular weight is 363 g/mol. The zero-order chi connectivity index (χ0) is 18.4. The van der Waals surface area contributed by atoms with E-state index in [1.165, 1.54) is 0 Å². The molecule has 1 heterocycles. The number of ether oxygens (including phenoxy) is 1. The van der Waals surface area contributed by atoms with Gasteiger partial charge >= 0.3 is 6.18 Å². The molecule has 0 radical (unpaired) electrons. The van der Waals surface area contributed by atoms with Gasteiger partial charge in [-0.25, -0.2) is 0 Å². The first kappa shape index (κ1) is 21.3. The molecule has 1 aromatic rings. The molecule has 25 heavy (non-hydrogen) atoms. The molecule has 0 aromatic carbocycles. The van der Waals surface area contributed by atoms with Crippen LogP contribution in [-0.4, -0.2) is 45.0 Å². The Hall–Kier alpha value is -1.70. The molecule has 0 aliphatic heterocycles. The van der Waals surface area contributed by atoms with Crippen LogP contribution in [0.2, 0.25) is 0 Å². The van der Waals surface area contributed by atoms with Crippen molar-refractivity contribution in [1.82, 2.24) is 10.6 Å². The maximum Gasteiger partial charge on any atom is 0.389 e. The zero-order valence-corrected chi connectivity index (χ0v) is 14.7. The van der Waals surface area contributed by atoms with Gasteiger partial charge in [-0.2, -0.15) is 13.2 Å². The van der Waals surface area contributed by atoms with Crippen molar-refractivity contribution in [3.63, 3.8) is 0 Å². The molecule has 1 aromatic heterocycles. The summed E-state index contributed by atoms with van der Waals surface area (Å²) in [6.45, 7) is 4.94. The van der Waals surface area contributed by atoms with Gasteiger partial charge < -0.3 is 19.8 Å². The minimum atomic E-state index is -4.09. The first-order chi connectivity index (χ1) is 12.0. The molecule has 0 saturated carbocycles. The highest BCUT2D eigenvalue weighted by Gasteiger charge is 2.25. The maximum absolute atomic E-state index is 12.1. The van der Waals surface area contributed by atoms with E-state index in [0.717, 1.165) is 12.2 Å². The van der Waals surface area contributed by atoms with Crippen LogP contribution in [0.5, 0.6) is 0 Å².